The Labute approximate surface area is 89.9 Å². The van der Waals surface area contributed by atoms with Crippen LogP contribution in [0, 0.1) is 5.82 Å². The molecular formula is C11H8FN3O. The Morgan fingerprint density at radius 3 is 3.00 bits per heavy atom. The van der Waals surface area contributed by atoms with E-state index in [0.717, 1.165) is 10.9 Å². The van der Waals surface area contributed by atoms with Crippen molar-refractivity contribution in [3.05, 3.63) is 36.4 Å². The van der Waals surface area contributed by atoms with Crippen LogP contribution in [0.2, 0.25) is 0 Å². The van der Waals surface area contributed by atoms with Crippen molar-refractivity contribution in [2.45, 2.75) is 0 Å². The zero-order chi connectivity index (χ0) is 11.1. The quantitative estimate of drug-likeness (QED) is 0.658. The molecule has 2 aromatic heterocycles. The van der Waals surface area contributed by atoms with E-state index >= 15 is 0 Å². The first-order valence-electron chi connectivity index (χ1n) is 4.73. The minimum atomic E-state index is -0.300. The van der Waals surface area contributed by atoms with E-state index in [1.807, 2.05) is 0 Å². The molecule has 0 atom stereocenters. The number of rotatable bonds is 1. The molecule has 2 heterocycles. The molecule has 1 aromatic carbocycles. The summed E-state index contributed by atoms with van der Waals surface area (Å²) in [5.41, 5.74) is 7.67. The fourth-order valence-corrected chi connectivity index (χ4v) is 1.73. The van der Waals surface area contributed by atoms with E-state index in [-0.39, 0.29) is 5.82 Å². The topological polar surface area (TPSA) is 67.8 Å². The second kappa shape index (κ2) is 3.10. The van der Waals surface area contributed by atoms with Gasteiger partial charge in [-0.25, -0.2) is 4.39 Å². The Morgan fingerprint density at radius 2 is 2.25 bits per heavy atom. The Morgan fingerprint density at radius 1 is 1.38 bits per heavy atom. The number of nitrogens with zero attached hydrogens (tertiary/aromatic N) is 1. The van der Waals surface area contributed by atoms with Gasteiger partial charge < -0.3 is 15.2 Å². The van der Waals surface area contributed by atoms with Gasteiger partial charge in [0, 0.05) is 22.7 Å². The average Bonchev–Trinajstić information content (AvgIpc) is 2.83. The van der Waals surface area contributed by atoms with Gasteiger partial charge >= 0.3 is 0 Å². The molecule has 0 aliphatic rings. The van der Waals surface area contributed by atoms with Gasteiger partial charge in [-0.15, -0.1) is 0 Å². The predicted molar refractivity (Wildman–Crippen MR) is 58.2 cm³/mol. The second-order valence-corrected chi connectivity index (χ2v) is 3.50. The third-order valence-electron chi connectivity index (χ3n) is 2.49. The number of aromatic amines is 1. The molecule has 16 heavy (non-hydrogen) atoms. The van der Waals surface area contributed by atoms with E-state index in [1.165, 1.54) is 18.3 Å². The fourth-order valence-electron chi connectivity index (χ4n) is 1.73. The van der Waals surface area contributed by atoms with Crippen LogP contribution in [0.15, 0.2) is 35.1 Å². The van der Waals surface area contributed by atoms with Gasteiger partial charge in [0.1, 0.15) is 11.5 Å². The number of aromatic nitrogens is 2. The largest absolute Gasteiger partial charge is 0.394 e. The monoisotopic (exact) mass is 217 g/mol. The number of halogens is 1. The molecule has 3 aromatic rings. The lowest BCUT2D eigenvalue weighted by Crippen LogP contribution is -1.83. The van der Waals surface area contributed by atoms with Crippen LogP contribution in [0.5, 0.6) is 0 Å². The molecule has 80 valence electrons. The highest BCUT2D eigenvalue weighted by atomic mass is 19.1. The van der Waals surface area contributed by atoms with Crippen LogP contribution in [0.4, 0.5) is 10.1 Å². The Kier molecular flexibility index (Phi) is 1.73. The van der Waals surface area contributed by atoms with Gasteiger partial charge in [-0.05, 0) is 18.2 Å². The molecule has 3 rings (SSSR count). The minimum Gasteiger partial charge on any atom is -0.394 e. The smallest absolute Gasteiger partial charge is 0.191 e. The highest BCUT2D eigenvalue weighted by Crippen LogP contribution is 2.32. The van der Waals surface area contributed by atoms with Crippen LogP contribution in [-0.4, -0.2) is 10.1 Å². The van der Waals surface area contributed by atoms with Crippen LogP contribution in [-0.2, 0) is 0 Å². The average molecular weight is 217 g/mol. The highest BCUT2D eigenvalue weighted by Gasteiger charge is 2.13. The first-order chi connectivity index (χ1) is 7.75. The third-order valence-corrected chi connectivity index (χ3v) is 2.49. The highest BCUT2D eigenvalue weighted by molar-refractivity contribution is 5.96. The van der Waals surface area contributed by atoms with Crippen molar-refractivity contribution < 1.29 is 8.91 Å². The Hall–Kier alpha value is -2.30. The van der Waals surface area contributed by atoms with Crippen molar-refractivity contribution >= 4 is 16.6 Å². The van der Waals surface area contributed by atoms with E-state index in [4.69, 9.17) is 10.3 Å². The van der Waals surface area contributed by atoms with E-state index in [1.54, 1.807) is 12.3 Å². The van der Waals surface area contributed by atoms with Gasteiger partial charge in [0.15, 0.2) is 5.76 Å². The number of nitrogens with two attached hydrogens (primary N) is 1. The second-order valence-electron chi connectivity index (χ2n) is 3.50. The van der Waals surface area contributed by atoms with E-state index in [2.05, 4.69) is 10.1 Å². The lowest BCUT2D eigenvalue weighted by Gasteiger charge is -1.95. The normalized spacial score (nSPS) is 11.1. The van der Waals surface area contributed by atoms with Crippen molar-refractivity contribution in [2.75, 3.05) is 5.73 Å². The molecule has 0 fully saturated rings. The SMILES string of the molecule is Nc1cnoc1-c1c[nH]c2ccc(F)cc12. The third kappa shape index (κ3) is 1.18. The van der Waals surface area contributed by atoms with Crippen molar-refractivity contribution in [3.63, 3.8) is 0 Å². The summed E-state index contributed by atoms with van der Waals surface area (Å²) in [7, 11) is 0. The first-order valence-corrected chi connectivity index (χ1v) is 4.73. The van der Waals surface area contributed by atoms with Gasteiger partial charge in [-0.3, -0.25) is 0 Å². The number of benzene rings is 1. The molecule has 5 heteroatoms. The summed E-state index contributed by atoms with van der Waals surface area (Å²) in [6.07, 6.45) is 3.15. The Bertz CT molecular complexity index is 656. The molecule has 0 radical (unpaired) electrons. The van der Waals surface area contributed by atoms with Gasteiger partial charge in [0.25, 0.3) is 0 Å². The summed E-state index contributed by atoms with van der Waals surface area (Å²) in [5, 5.41) is 4.32. The number of anilines is 1. The van der Waals surface area contributed by atoms with E-state index in [0.29, 0.717) is 17.0 Å². The summed E-state index contributed by atoms with van der Waals surface area (Å²) in [6.45, 7) is 0. The molecule has 0 aliphatic carbocycles. The lowest BCUT2D eigenvalue weighted by molar-refractivity contribution is 0.433. The van der Waals surface area contributed by atoms with E-state index < -0.39 is 0 Å². The number of nitrogen functional groups attached to an aromatic ring is 1. The molecule has 3 N–H and O–H groups in total. The zero-order valence-corrected chi connectivity index (χ0v) is 8.20. The maximum atomic E-state index is 13.1. The number of H-pyrrole nitrogens is 1. The van der Waals surface area contributed by atoms with Crippen molar-refractivity contribution in [1.29, 1.82) is 0 Å². The van der Waals surface area contributed by atoms with Crippen LogP contribution in [0.25, 0.3) is 22.2 Å². The summed E-state index contributed by atoms with van der Waals surface area (Å²) in [4.78, 5) is 3.02. The minimum absolute atomic E-state index is 0.300. The number of nitrogens with one attached hydrogen (secondary N) is 1. The van der Waals surface area contributed by atoms with Crippen molar-refractivity contribution in [3.8, 4) is 11.3 Å². The van der Waals surface area contributed by atoms with E-state index in [9.17, 15) is 4.39 Å². The molecule has 0 saturated heterocycles. The molecular weight excluding hydrogens is 209 g/mol. The maximum Gasteiger partial charge on any atom is 0.191 e. The molecule has 0 bridgehead atoms. The van der Waals surface area contributed by atoms with Crippen molar-refractivity contribution in [2.24, 2.45) is 0 Å². The summed E-state index contributed by atoms with van der Waals surface area (Å²) in [6, 6.07) is 4.50. The van der Waals surface area contributed by atoms with Crippen molar-refractivity contribution in [1.82, 2.24) is 10.1 Å². The molecule has 0 aliphatic heterocycles. The van der Waals surface area contributed by atoms with Crippen LogP contribution < -0.4 is 5.73 Å². The molecule has 0 saturated carbocycles. The fraction of sp³-hybridized carbons (Fsp3) is 0. The van der Waals surface area contributed by atoms with Crippen LogP contribution in [0.3, 0.4) is 0 Å². The summed E-state index contributed by atoms with van der Waals surface area (Å²) < 4.78 is 18.2. The van der Waals surface area contributed by atoms with Gasteiger partial charge in [-0.1, -0.05) is 5.16 Å². The Balaban J connectivity index is 2.32. The number of hydrogen-bond acceptors (Lipinski definition) is 3. The molecule has 0 amide bonds. The zero-order valence-electron chi connectivity index (χ0n) is 8.20. The summed E-state index contributed by atoms with van der Waals surface area (Å²) in [5.74, 6) is 0.156. The number of hydrogen-bond donors (Lipinski definition) is 2. The first kappa shape index (κ1) is 8.96. The molecule has 0 spiro atoms. The molecule has 0 unspecified atom stereocenters. The van der Waals surface area contributed by atoms with Gasteiger partial charge in [-0.2, -0.15) is 0 Å². The van der Waals surface area contributed by atoms with Gasteiger partial charge in [0.2, 0.25) is 0 Å². The summed E-state index contributed by atoms with van der Waals surface area (Å²) >= 11 is 0. The lowest BCUT2D eigenvalue weighted by atomic mass is 10.1. The van der Waals surface area contributed by atoms with Crippen LogP contribution in [0.1, 0.15) is 0 Å². The maximum absolute atomic E-state index is 13.1. The predicted octanol–water partition coefficient (Wildman–Crippen LogP) is 2.54. The molecule has 4 nitrogen and oxygen atoms in total. The van der Waals surface area contributed by atoms with Gasteiger partial charge in [0.05, 0.1) is 6.20 Å². The van der Waals surface area contributed by atoms with Crippen LogP contribution >= 0.6 is 0 Å². The standard InChI is InChI=1S/C11H8FN3O/c12-6-1-2-10-7(3-6)8(4-14-10)11-9(13)5-15-16-11/h1-5,14H,13H2. The number of fused-ring (bicyclic) bond motifs is 1.